The second-order valence-electron chi connectivity index (χ2n) is 2.44. The van der Waals surface area contributed by atoms with Crippen LogP contribution in [0.3, 0.4) is 0 Å². The summed E-state index contributed by atoms with van der Waals surface area (Å²) in [4.78, 5) is 0. The second kappa shape index (κ2) is 7.29. The van der Waals surface area contributed by atoms with Crippen molar-refractivity contribution in [2.75, 3.05) is 6.61 Å². The van der Waals surface area contributed by atoms with E-state index in [9.17, 15) is 0 Å². The zero-order valence-electron chi connectivity index (χ0n) is 7.09. The molecule has 1 N–H and O–H groups in total. The van der Waals surface area contributed by atoms with Crippen LogP contribution in [0, 0.1) is 0 Å². The molecule has 0 saturated heterocycles. The van der Waals surface area contributed by atoms with E-state index in [1.165, 1.54) is 5.57 Å². The van der Waals surface area contributed by atoms with E-state index >= 15 is 0 Å². The minimum Gasteiger partial charge on any atom is -0.392 e. The molecule has 0 fully saturated rings. The van der Waals surface area contributed by atoms with Crippen molar-refractivity contribution in [3.05, 3.63) is 36.5 Å². The average molecular weight is 152 g/mol. The minimum atomic E-state index is 0.143. The van der Waals surface area contributed by atoms with Crippen LogP contribution in [0.5, 0.6) is 0 Å². The molecule has 0 radical (unpaired) electrons. The molecule has 0 amide bonds. The summed E-state index contributed by atoms with van der Waals surface area (Å²) in [5, 5.41) is 8.42. The van der Waals surface area contributed by atoms with Crippen LogP contribution in [0.4, 0.5) is 0 Å². The molecule has 0 aromatic carbocycles. The molecule has 1 heteroatoms. The molecule has 0 aliphatic carbocycles. The first kappa shape index (κ1) is 10.2. The van der Waals surface area contributed by atoms with Crippen LogP contribution in [0.25, 0.3) is 0 Å². The Kier molecular flexibility index (Phi) is 6.75. The zero-order valence-corrected chi connectivity index (χ0v) is 7.09. The molecule has 0 unspecified atom stereocenters. The zero-order chi connectivity index (χ0) is 8.53. The van der Waals surface area contributed by atoms with Crippen molar-refractivity contribution in [2.24, 2.45) is 0 Å². The minimum absolute atomic E-state index is 0.143. The van der Waals surface area contributed by atoms with Gasteiger partial charge in [-0.05, 0) is 19.8 Å². The first-order valence-corrected chi connectivity index (χ1v) is 3.85. The van der Waals surface area contributed by atoms with Crippen LogP contribution in [0.1, 0.15) is 19.8 Å². The van der Waals surface area contributed by atoms with Gasteiger partial charge in [-0.15, -0.1) is 0 Å². The second-order valence-corrected chi connectivity index (χ2v) is 2.44. The Morgan fingerprint density at radius 2 is 2.18 bits per heavy atom. The maximum atomic E-state index is 8.42. The summed E-state index contributed by atoms with van der Waals surface area (Å²) in [6, 6.07) is 0. The Labute approximate surface area is 68.7 Å². The smallest absolute Gasteiger partial charge is 0.0612 e. The number of hydrogen-bond donors (Lipinski definition) is 1. The van der Waals surface area contributed by atoms with Crippen LogP contribution in [0.15, 0.2) is 36.5 Å². The van der Waals surface area contributed by atoms with Crippen molar-refractivity contribution in [1.29, 1.82) is 0 Å². The van der Waals surface area contributed by atoms with E-state index in [1.807, 2.05) is 12.2 Å². The predicted octanol–water partition coefficient (Wildman–Crippen LogP) is 2.45. The van der Waals surface area contributed by atoms with Gasteiger partial charge in [-0.25, -0.2) is 0 Å². The van der Waals surface area contributed by atoms with E-state index in [1.54, 1.807) is 12.2 Å². The van der Waals surface area contributed by atoms with E-state index in [0.29, 0.717) is 0 Å². The standard InChI is InChI=1S/C10H16O/c1-3-7-10(2)8-5-4-6-9-11/h3-4,6-7,11H,1,5,8-9H2,2H3/b6-4+,10-7+. The number of aliphatic hydroxyl groups excluding tert-OH is 1. The van der Waals surface area contributed by atoms with Gasteiger partial charge < -0.3 is 5.11 Å². The summed E-state index contributed by atoms with van der Waals surface area (Å²) in [6.45, 7) is 5.83. The van der Waals surface area contributed by atoms with Crippen molar-refractivity contribution in [3.8, 4) is 0 Å². The maximum Gasteiger partial charge on any atom is 0.0612 e. The molecule has 0 aliphatic heterocycles. The van der Waals surface area contributed by atoms with Crippen molar-refractivity contribution in [1.82, 2.24) is 0 Å². The van der Waals surface area contributed by atoms with E-state index in [0.717, 1.165) is 12.8 Å². The van der Waals surface area contributed by atoms with Crippen molar-refractivity contribution < 1.29 is 5.11 Å². The molecule has 0 aliphatic rings. The Hall–Kier alpha value is -0.820. The Balaban J connectivity index is 3.45. The summed E-state index contributed by atoms with van der Waals surface area (Å²) in [7, 11) is 0. The SMILES string of the molecule is C=C/C=C(\C)CC/C=C/CO. The van der Waals surface area contributed by atoms with E-state index in [2.05, 4.69) is 13.5 Å². The van der Waals surface area contributed by atoms with Crippen molar-refractivity contribution in [3.63, 3.8) is 0 Å². The van der Waals surface area contributed by atoms with E-state index in [4.69, 9.17) is 5.11 Å². The highest BCUT2D eigenvalue weighted by atomic mass is 16.2. The third-order valence-electron chi connectivity index (χ3n) is 1.38. The van der Waals surface area contributed by atoms with Gasteiger partial charge in [0.15, 0.2) is 0 Å². The molecule has 0 bridgehead atoms. The fourth-order valence-corrected chi connectivity index (χ4v) is 0.788. The van der Waals surface area contributed by atoms with Crippen LogP contribution < -0.4 is 0 Å². The third kappa shape index (κ3) is 7.07. The van der Waals surface area contributed by atoms with Crippen molar-refractivity contribution in [2.45, 2.75) is 19.8 Å². The molecule has 0 atom stereocenters. The highest BCUT2D eigenvalue weighted by Crippen LogP contribution is 2.03. The van der Waals surface area contributed by atoms with E-state index in [-0.39, 0.29) is 6.61 Å². The summed E-state index contributed by atoms with van der Waals surface area (Å²) < 4.78 is 0. The fraction of sp³-hybridized carbons (Fsp3) is 0.400. The largest absolute Gasteiger partial charge is 0.392 e. The first-order chi connectivity index (χ1) is 5.31. The molecule has 0 saturated carbocycles. The summed E-state index contributed by atoms with van der Waals surface area (Å²) in [5.41, 5.74) is 1.32. The molecular formula is C10H16O. The Morgan fingerprint density at radius 3 is 2.73 bits per heavy atom. The molecule has 0 aromatic heterocycles. The van der Waals surface area contributed by atoms with Crippen LogP contribution in [-0.4, -0.2) is 11.7 Å². The summed E-state index contributed by atoms with van der Waals surface area (Å²) >= 11 is 0. The quantitative estimate of drug-likeness (QED) is 0.474. The maximum absolute atomic E-state index is 8.42. The molecular weight excluding hydrogens is 136 g/mol. The fourth-order valence-electron chi connectivity index (χ4n) is 0.788. The highest BCUT2D eigenvalue weighted by molar-refractivity contribution is 5.08. The van der Waals surface area contributed by atoms with E-state index < -0.39 is 0 Å². The summed E-state index contributed by atoms with van der Waals surface area (Å²) in [6.07, 6.45) is 9.60. The van der Waals surface area contributed by atoms with Crippen LogP contribution >= 0.6 is 0 Å². The van der Waals surface area contributed by atoms with Gasteiger partial charge in [-0.3, -0.25) is 0 Å². The average Bonchev–Trinajstić information content (AvgIpc) is 1.99. The normalized spacial score (nSPS) is 12.4. The van der Waals surface area contributed by atoms with Gasteiger partial charge in [0, 0.05) is 0 Å². The topological polar surface area (TPSA) is 20.2 Å². The number of hydrogen-bond acceptors (Lipinski definition) is 1. The lowest BCUT2D eigenvalue weighted by Crippen LogP contribution is -1.76. The highest BCUT2D eigenvalue weighted by Gasteiger charge is 1.84. The number of aliphatic hydroxyl groups is 1. The molecule has 62 valence electrons. The molecule has 0 spiro atoms. The summed E-state index contributed by atoms with van der Waals surface area (Å²) in [5.74, 6) is 0. The lowest BCUT2D eigenvalue weighted by Gasteiger charge is -1.94. The Morgan fingerprint density at radius 1 is 1.45 bits per heavy atom. The molecule has 1 nitrogen and oxygen atoms in total. The first-order valence-electron chi connectivity index (χ1n) is 3.85. The van der Waals surface area contributed by atoms with Gasteiger partial charge in [0.25, 0.3) is 0 Å². The molecule has 11 heavy (non-hydrogen) atoms. The van der Waals surface area contributed by atoms with Crippen LogP contribution in [0.2, 0.25) is 0 Å². The monoisotopic (exact) mass is 152 g/mol. The van der Waals surface area contributed by atoms with Gasteiger partial charge in [-0.2, -0.15) is 0 Å². The van der Waals surface area contributed by atoms with Crippen LogP contribution in [-0.2, 0) is 0 Å². The predicted molar refractivity (Wildman–Crippen MR) is 49.4 cm³/mol. The van der Waals surface area contributed by atoms with Gasteiger partial charge in [-0.1, -0.05) is 36.5 Å². The number of allylic oxidation sites excluding steroid dienone is 4. The van der Waals surface area contributed by atoms with Gasteiger partial charge >= 0.3 is 0 Å². The van der Waals surface area contributed by atoms with Gasteiger partial charge in [0.2, 0.25) is 0 Å². The van der Waals surface area contributed by atoms with Crippen molar-refractivity contribution >= 4 is 0 Å². The molecule has 0 aromatic rings. The molecule has 0 heterocycles. The number of rotatable bonds is 5. The lowest BCUT2D eigenvalue weighted by atomic mass is 10.1. The lowest BCUT2D eigenvalue weighted by molar-refractivity contribution is 0.342. The molecule has 0 rings (SSSR count). The third-order valence-corrected chi connectivity index (χ3v) is 1.38. The Bertz CT molecular complexity index is 154. The van der Waals surface area contributed by atoms with Gasteiger partial charge in [0.05, 0.1) is 6.61 Å². The van der Waals surface area contributed by atoms with Gasteiger partial charge in [0.1, 0.15) is 0 Å².